The van der Waals surface area contributed by atoms with Crippen LogP contribution in [0.2, 0.25) is 0 Å². The topological polar surface area (TPSA) is 0 Å². The summed E-state index contributed by atoms with van der Waals surface area (Å²) in [5, 5.41) is 0.953. The summed E-state index contributed by atoms with van der Waals surface area (Å²) < 4.78 is 0.0893. The van der Waals surface area contributed by atoms with Crippen LogP contribution in [0, 0.1) is 0 Å². The summed E-state index contributed by atoms with van der Waals surface area (Å²) in [4.78, 5) is 0. The number of allylic oxidation sites excluding steroid dienone is 1. The molecular formula is C13H12Br2. The Morgan fingerprint density at radius 1 is 1.33 bits per heavy atom. The molecule has 0 spiro atoms. The Balaban J connectivity index is 2.19. The van der Waals surface area contributed by atoms with Gasteiger partial charge >= 0.3 is 0 Å². The molecule has 0 amide bonds. The lowest BCUT2D eigenvalue weighted by Crippen LogP contribution is -2.30. The number of rotatable bonds is 1. The Bertz CT molecular complexity index is 438. The summed E-state index contributed by atoms with van der Waals surface area (Å²) in [5.74, 6) is 1.17. The highest BCUT2D eigenvalue weighted by Crippen LogP contribution is 2.64. The molecule has 2 bridgehead atoms. The Labute approximate surface area is 107 Å². The first-order valence-corrected chi connectivity index (χ1v) is 7.13. The van der Waals surface area contributed by atoms with E-state index in [2.05, 4.69) is 62.7 Å². The second-order valence-electron chi connectivity index (χ2n) is 4.49. The molecule has 3 rings (SSSR count). The van der Waals surface area contributed by atoms with Crippen molar-refractivity contribution in [3.63, 3.8) is 0 Å². The third kappa shape index (κ3) is 1.13. The van der Waals surface area contributed by atoms with E-state index in [0.29, 0.717) is 11.8 Å². The maximum atomic E-state index is 4.28. The largest absolute Gasteiger partial charge is 0.0978 e. The number of benzene rings is 1. The maximum Gasteiger partial charge on any atom is 0.0634 e. The fourth-order valence-corrected chi connectivity index (χ4v) is 4.55. The molecule has 2 aliphatic rings. The van der Waals surface area contributed by atoms with Crippen molar-refractivity contribution in [1.29, 1.82) is 0 Å². The van der Waals surface area contributed by atoms with Gasteiger partial charge in [0.1, 0.15) is 0 Å². The molecule has 1 saturated carbocycles. The molecule has 0 N–H and O–H groups in total. The van der Waals surface area contributed by atoms with Crippen LogP contribution in [0.4, 0.5) is 0 Å². The monoisotopic (exact) mass is 326 g/mol. The van der Waals surface area contributed by atoms with Crippen molar-refractivity contribution in [3.8, 4) is 0 Å². The molecule has 15 heavy (non-hydrogen) atoms. The number of alkyl halides is 2. The van der Waals surface area contributed by atoms with Crippen molar-refractivity contribution < 1.29 is 0 Å². The fourth-order valence-electron chi connectivity index (χ4n) is 3.09. The van der Waals surface area contributed by atoms with Gasteiger partial charge in [-0.2, -0.15) is 0 Å². The molecule has 0 aliphatic heterocycles. The summed E-state index contributed by atoms with van der Waals surface area (Å²) in [6.07, 6.45) is 1.23. The average molecular weight is 328 g/mol. The van der Waals surface area contributed by atoms with Gasteiger partial charge in [-0.05, 0) is 17.5 Å². The Kier molecular flexibility index (Phi) is 2.16. The molecule has 0 radical (unpaired) electrons. The predicted octanol–water partition coefficient (Wildman–Crippen LogP) is 4.36. The molecular weight excluding hydrogens is 316 g/mol. The quantitative estimate of drug-likeness (QED) is 0.531. The van der Waals surface area contributed by atoms with Gasteiger partial charge in [0.05, 0.1) is 4.32 Å². The zero-order chi connectivity index (χ0) is 10.6. The maximum absolute atomic E-state index is 4.28. The van der Waals surface area contributed by atoms with Gasteiger partial charge < -0.3 is 0 Å². The van der Waals surface area contributed by atoms with Crippen molar-refractivity contribution in [2.24, 2.45) is 0 Å². The summed E-state index contributed by atoms with van der Waals surface area (Å²) in [6.45, 7) is 4.28. The number of fused-ring (bicyclic) bond motifs is 5. The van der Waals surface area contributed by atoms with E-state index < -0.39 is 0 Å². The molecule has 2 aliphatic carbocycles. The highest BCUT2D eigenvalue weighted by Gasteiger charge is 2.54. The first-order chi connectivity index (χ1) is 7.18. The van der Waals surface area contributed by atoms with Crippen LogP contribution in [0.1, 0.15) is 29.4 Å². The van der Waals surface area contributed by atoms with Crippen LogP contribution < -0.4 is 0 Å². The van der Waals surface area contributed by atoms with E-state index in [1.807, 2.05) is 0 Å². The molecule has 1 aromatic rings. The summed E-state index contributed by atoms with van der Waals surface area (Å²) in [6, 6.07) is 8.80. The summed E-state index contributed by atoms with van der Waals surface area (Å²) in [7, 11) is 0. The molecule has 2 heteroatoms. The van der Waals surface area contributed by atoms with Crippen LogP contribution in [0.3, 0.4) is 0 Å². The average Bonchev–Trinajstić information content (AvgIpc) is 2.77. The SMILES string of the molecule is C=C1[C@H]2C[C@H](c3ccccc32)[C@@]1(Br)CBr. The molecule has 0 heterocycles. The van der Waals surface area contributed by atoms with Crippen molar-refractivity contribution in [2.45, 2.75) is 22.6 Å². The van der Waals surface area contributed by atoms with Gasteiger partial charge in [0, 0.05) is 17.2 Å². The number of hydrogen-bond acceptors (Lipinski definition) is 0. The van der Waals surface area contributed by atoms with Crippen molar-refractivity contribution >= 4 is 31.9 Å². The minimum atomic E-state index is 0.0893. The van der Waals surface area contributed by atoms with Crippen LogP contribution in [0.15, 0.2) is 36.4 Å². The summed E-state index contributed by atoms with van der Waals surface area (Å²) in [5.41, 5.74) is 4.37. The van der Waals surface area contributed by atoms with E-state index in [1.54, 1.807) is 0 Å². The molecule has 0 nitrogen and oxygen atoms in total. The smallest absolute Gasteiger partial charge is 0.0634 e. The van der Waals surface area contributed by atoms with Gasteiger partial charge in [-0.1, -0.05) is 68.3 Å². The molecule has 1 fully saturated rings. The number of halogens is 2. The van der Waals surface area contributed by atoms with Crippen molar-refractivity contribution in [1.82, 2.24) is 0 Å². The molecule has 0 unspecified atom stereocenters. The molecule has 3 atom stereocenters. The Hall–Kier alpha value is -0.0800. The van der Waals surface area contributed by atoms with Gasteiger partial charge in [-0.25, -0.2) is 0 Å². The van der Waals surface area contributed by atoms with E-state index in [9.17, 15) is 0 Å². The van der Waals surface area contributed by atoms with E-state index in [0.717, 1.165) is 5.33 Å². The zero-order valence-electron chi connectivity index (χ0n) is 8.34. The van der Waals surface area contributed by atoms with Gasteiger partial charge in [-0.15, -0.1) is 0 Å². The Morgan fingerprint density at radius 3 is 2.67 bits per heavy atom. The highest BCUT2D eigenvalue weighted by molar-refractivity contribution is 9.12. The first kappa shape index (κ1) is 10.1. The Morgan fingerprint density at radius 2 is 2.00 bits per heavy atom. The van der Waals surface area contributed by atoms with Crippen molar-refractivity contribution in [3.05, 3.63) is 47.5 Å². The lowest BCUT2D eigenvalue weighted by Gasteiger charge is -2.33. The predicted molar refractivity (Wildman–Crippen MR) is 71.1 cm³/mol. The third-order valence-electron chi connectivity index (χ3n) is 3.92. The minimum absolute atomic E-state index is 0.0893. The minimum Gasteiger partial charge on any atom is -0.0978 e. The standard InChI is InChI=1S/C13H12Br2/c1-8-11-6-12(13(8,15)7-14)10-5-3-2-4-9(10)11/h2-5,11-12H,1,6-7H2/t11-,12-,13-/m1/s1. The highest BCUT2D eigenvalue weighted by atomic mass is 79.9. The van der Waals surface area contributed by atoms with Crippen LogP contribution in [0.25, 0.3) is 0 Å². The zero-order valence-corrected chi connectivity index (χ0v) is 11.5. The van der Waals surface area contributed by atoms with Gasteiger partial charge in [0.15, 0.2) is 0 Å². The second kappa shape index (κ2) is 3.21. The van der Waals surface area contributed by atoms with Gasteiger partial charge in [0.2, 0.25) is 0 Å². The van der Waals surface area contributed by atoms with E-state index >= 15 is 0 Å². The number of hydrogen-bond donors (Lipinski definition) is 0. The van der Waals surface area contributed by atoms with E-state index in [1.165, 1.54) is 23.1 Å². The van der Waals surface area contributed by atoms with Crippen LogP contribution in [0.5, 0.6) is 0 Å². The molecule has 1 aromatic carbocycles. The van der Waals surface area contributed by atoms with Crippen LogP contribution in [-0.4, -0.2) is 9.65 Å². The van der Waals surface area contributed by atoms with Gasteiger partial charge in [0.25, 0.3) is 0 Å². The van der Waals surface area contributed by atoms with Crippen molar-refractivity contribution in [2.75, 3.05) is 5.33 Å². The first-order valence-electron chi connectivity index (χ1n) is 5.21. The summed E-state index contributed by atoms with van der Waals surface area (Å²) >= 11 is 7.51. The second-order valence-corrected chi connectivity index (χ2v) is 6.47. The van der Waals surface area contributed by atoms with E-state index in [4.69, 9.17) is 0 Å². The van der Waals surface area contributed by atoms with E-state index in [-0.39, 0.29) is 4.32 Å². The molecule has 0 saturated heterocycles. The lowest BCUT2D eigenvalue weighted by atomic mass is 9.81. The van der Waals surface area contributed by atoms with Crippen LogP contribution in [-0.2, 0) is 0 Å². The molecule has 0 aromatic heterocycles. The normalized spacial score (nSPS) is 37.1. The van der Waals surface area contributed by atoms with Crippen LogP contribution >= 0.6 is 31.9 Å². The lowest BCUT2D eigenvalue weighted by molar-refractivity contribution is 0.663. The van der Waals surface area contributed by atoms with Gasteiger partial charge in [-0.3, -0.25) is 0 Å². The molecule has 78 valence electrons. The third-order valence-corrected chi connectivity index (χ3v) is 6.90. The fraction of sp³-hybridized carbons (Fsp3) is 0.385.